The van der Waals surface area contributed by atoms with E-state index in [4.69, 9.17) is 4.74 Å². The Balaban J connectivity index is 1.65. The summed E-state index contributed by atoms with van der Waals surface area (Å²) in [6.45, 7) is 0.188. The van der Waals surface area contributed by atoms with Crippen molar-refractivity contribution in [3.63, 3.8) is 0 Å². The van der Waals surface area contributed by atoms with E-state index in [0.29, 0.717) is 12.2 Å². The fourth-order valence-electron chi connectivity index (χ4n) is 4.40. The SMILES string of the molecule is COc1ccc(S(=O)(=O)N2Cc3ccccc3C[C@@H]2C(=O)NC2CCCCC2)cc1. The molecule has 1 N–H and O–H groups in total. The van der Waals surface area contributed by atoms with Gasteiger partial charge >= 0.3 is 0 Å². The molecule has 1 fully saturated rings. The highest BCUT2D eigenvalue weighted by Crippen LogP contribution is 2.30. The molecular formula is C23H28N2O4S. The second-order valence-electron chi connectivity index (χ2n) is 8.06. The molecule has 0 radical (unpaired) electrons. The number of nitrogens with zero attached hydrogens (tertiary/aromatic N) is 1. The highest BCUT2D eigenvalue weighted by molar-refractivity contribution is 7.89. The van der Waals surface area contributed by atoms with Crippen LogP contribution in [0.5, 0.6) is 5.75 Å². The number of benzene rings is 2. The second-order valence-corrected chi connectivity index (χ2v) is 9.95. The monoisotopic (exact) mass is 428 g/mol. The van der Waals surface area contributed by atoms with Gasteiger partial charge in [-0.25, -0.2) is 8.42 Å². The van der Waals surface area contributed by atoms with E-state index in [2.05, 4.69) is 5.32 Å². The molecule has 4 rings (SSSR count). The van der Waals surface area contributed by atoms with Crippen molar-refractivity contribution in [1.82, 2.24) is 9.62 Å². The molecule has 1 heterocycles. The topological polar surface area (TPSA) is 75.7 Å². The number of rotatable bonds is 5. The third-order valence-electron chi connectivity index (χ3n) is 6.13. The van der Waals surface area contributed by atoms with Crippen molar-refractivity contribution in [3.8, 4) is 5.75 Å². The van der Waals surface area contributed by atoms with Crippen LogP contribution in [-0.2, 0) is 27.8 Å². The highest BCUT2D eigenvalue weighted by Gasteiger charge is 2.40. The van der Waals surface area contributed by atoms with Gasteiger partial charge in [0.1, 0.15) is 11.8 Å². The van der Waals surface area contributed by atoms with E-state index in [1.165, 1.54) is 30.0 Å². The van der Waals surface area contributed by atoms with Gasteiger partial charge < -0.3 is 10.1 Å². The van der Waals surface area contributed by atoms with Gasteiger partial charge in [-0.05, 0) is 54.7 Å². The van der Waals surface area contributed by atoms with E-state index in [1.807, 2.05) is 24.3 Å². The quantitative estimate of drug-likeness (QED) is 0.793. The molecule has 1 atom stereocenters. The molecule has 1 amide bonds. The van der Waals surface area contributed by atoms with E-state index < -0.39 is 16.1 Å². The van der Waals surface area contributed by atoms with Crippen LogP contribution in [0.2, 0.25) is 0 Å². The Hall–Kier alpha value is -2.38. The van der Waals surface area contributed by atoms with Crippen LogP contribution in [0.4, 0.5) is 0 Å². The molecule has 0 saturated heterocycles. The summed E-state index contributed by atoms with van der Waals surface area (Å²) in [6, 6.07) is 13.4. The molecule has 2 aromatic carbocycles. The van der Waals surface area contributed by atoms with Gasteiger partial charge in [0.2, 0.25) is 15.9 Å². The van der Waals surface area contributed by atoms with Crippen LogP contribution in [0, 0.1) is 0 Å². The van der Waals surface area contributed by atoms with Crippen molar-refractivity contribution < 1.29 is 17.9 Å². The van der Waals surface area contributed by atoms with E-state index in [1.54, 1.807) is 12.1 Å². The second kappa shape index (κ2) is 8.78. The van der Waals surface area contributed by atoms with Crippen molar-refractivity contribution in [2.45, 2.75) is 62.0 Å². The lowest BCUT2D eigenvalue weighted by atomic mass is 9.93. The molecule has 0 unspecified atom stereocenters. The Labute approximate surface area is 178 Å². The summed E-state index contributed by atoms with van der Waals surface area (Å²) in [4.78, 5) is 13.4. The van der Waals surface area contributed by atoms with Gasteiger partial charge in [0, 0.05) is 12.6 Å². The zero-order valence-electron chi connectivity index (χ0n) is 17.2. The highest BCUT2D eigenvalue weighted by atomic mass is 32.2. The van der Waals surface area contributed by atoms with E-state index in [9.17, 15) is 13.2 Å². The van der Waals surface area contributed by atoms with Crippen molar-refractivity contribution >= 4 is 15.9 Å². The fraction of sp³-hybridized carbons (Fsp3) is 0.435. The van der Waals surface area contributed by atoms with Crippen LogP contribution in [0.15, 0.2) is 53.4 Å². The van der Waals surface area contributed by atoms with Gasteiger partial charge in [-0.1, -0.05) is 43.5 Å². The van der Waals surface area contributed by atoms with Gasteiger partial charge in [0.05, 0.1) is 12.0 Å². The molecule has 0 bridgehead atoms. The number of hydrogen-bond acceptors (Lipinski definition) is 4. The molecule has 2 aliphatic rings. The standard InChI is InChI=1S/C23H28N2O4S/c1-29-20-11-13-21(14-12-20)30(27,28)25-16-18-8-6-5-7-17(18)15-22(25)23(26)24-19-9-3-2-4-10-19/h5-8,11-14,19,22H,2-4,9-10,15-16H2,1H3,(H,24,26)/t22-/m1/s1. The molecule has 6 nitrogen and oxygen atoms in total. The molecule has 1 saturated carbocycles. The lowest BCUT2D eigenvalue weighted by Crippen LogP contribution is -2.54. The zero-order chi connectivity index (χ0) is 21.1. The Morgan fingerprint density at radius 1 is 1.00 bits per heavy atom. The molecule has 30 heavy (non-hydrogen) atoms. The van der Waals surface area contributed by atoms with Crippen LogP contribution in [0.1, 0.15) is 43.2 Å². The smallest absolute Gasteiger partial charge is 0.244 e. The molecule has 2 aromatic rings. The van der Waals surface area contributed by atoms with Crippen LogP contribution < -0.4 is 10.1 Å². The molecule has 160 valence electrons. The molecule has 1 aliphatic carbocycles. The Kier molecular flexibility index (Phi) is 6.11. The summed E-state index contributed by atoms with van der Waals surface area (Å²) >= 11 is 0. The summed E-state index contributed by atoms with van der Waals surface area (Å²) < 4.78 is 33.5. The predicted octanol–water partition coefficient (Wildman–Crippen LogP) is 3.26. The Morgan fingerprint density at radius 2 is 1.67 bits per heavy atom. The molecular weight excluding hydrogens is 400 g/mol. The summed E-state index contributed by atoms with van der Waals surface area (Å²) in [5.74, 6) is 0.387. The number of sulfonamides is 1. The van der Waals surface area contributed by atoms with Crippen LogP contribution >= 0.6 is 0 Å². The number of methoxy groups -OCH3 is 1. The first-order chi connectivity index (χ1) is 14.5. The maximum absolute atomic E-state index is 13.5. The average molecular weight is 429 g/mol. The minimum Gasteiger partial charge on any atom is -0.497 e. The van der Waals surface area contributed by atoms with Crippen molar-refractivity contribution in [2.75, 3.05) is 7.11 Å². The number of carbonyl (C=O) groups excluding carboxylic acids is 1. The lowest BCUT2D eigenvalue weighted by molar-refractivity contribution is -0.126. The van der Waals surface area contributed by atoms with Gasteiger partial charge in [-0.3, -0.25) is 4.79 Å². The molecule has 0 spiro atoms. The van der Waals surface area contributed by atoms with Crippen LogP contribution in [0.25, 0.3) is 0 Å². The number of fused-ring (bicyclic) bond motifs is 1. The maximum atomic E-state index is 13.5. The number of carbonyl (C=O) groups is 1. The summed E-state index contributed by atoms with van der Waals surface area (Å²) in [5, 5.41) is 3.13. The van der Waals surface area contributed by atoms with Gasteiger partial charge in [-0.15, -0.1) is 0 Å². The number of hydrogen-bond donors (Lipinski definition) is 1. The van der Waals surface area contributed by atoms with Gasteiger partial charge in [-0.2, -0.15) is 4.31 Å². The van der Waals surface area contributed by atoms with Crippen molar-refractivity contribution in [3.05, 3.63) is 59.7 Å². The van der Waals surface area contributed by atoms with Crippen LogP contribution in [-0.4, -0.2) is 37.8 Å². The molecule has 0 aromatic heterocycles. The number of amides is 1. The first kappa shape index (κ1) is 20.9. The third kappa shape index (κ3) is 4.23. The Morgan fingerprint density at radius 3 is 2.33 bits per heavy atom. The van der Waals surface area contributed by atoms with E-state index in [-0.39, 0.29) is 23.4 Å². The maximum Gasteiger partial charge on any atom is 0.244 e. The predicted molar refractivity (Wildman–Crippen MR) is 115 cm³/mol. The first-order valence-electron chi connectivity index (χ1n) is 10.5. The summed E-state index contributed by atoms with van der Waals surface area (Å²) in [5.41, 5.74) is 1.97. The minimum atomic E-state index is -3.85. The minimum absolute atomic E-state index is 0.133. The van der Waals surface area contributed by atoms with Gasteiger partial charge in [0.25, 0.3) is 0 Å². The normalized spacial score (nSPS) is 20.4. The van der Waals surface area contributed by atoms with Gasteiger partial charge in [0.15, 0.2) is 0 Å². The average Bonchev–Trinajstić information content (AvgIpc) is 2.79. The summed E-state index contributed by atoms with van der Waals surface area (Å²) in [7, 11) is -2.31. The lowest BCUT2D eigenvalue weighted by Gasteiger charge is -2.36. The largest absolute Gasteiger partial charge is 0.497 e. The van der Waals surface area contributed by atoms with Crippen molar-refractivity contribution in [2.24, 2.45) is 0 Å². The first-order valence-corrected chi connectivity index (χ1v) is 12.0. The Bertz CT molecular complexity index is 998. The fourth-order valence-corrected chi connectivity index (χ4v) is 5.97. The summed E-state index contributed by atoms with van der Waals surface area (Å²) in [6.07, 6.45) is 5.70. The number of ether oxygens (including phenoxy) is 1. The van der Waals surface area contributed by atoms with Crippen molar-refractivity contribution in [1.29, 1.82) is 0 Å². The van der Waals surface area contributed by atoms with E-state index >= 15 is 0 Å². The van der Waals surface area contributed by atoms with E-state index in [0.717, 1.165) is 36.8 Å². The van der Waals surface area contributed by atoms with Crippen LogP contribution in [0.3, 0.4) is 0 Å². The molecule has 7 heteroatoms. The zero-order valence-corrected chi connectivity index (χ0v) is 18.0. The number of nitrogens with one attached hydrogen (secondary N) is 1. The third-order valence-corrected chi connectivity index (χ3v) is 7.99. The molecule has 1 aliphatic heterocycles.